The molecule has 1 aromatic carbocycles. The summed E-state index contributed by atoms with van der Waals surface area (Å²) >= 11 is 5.78. The van der Waals surface area contributed by atoms with E-state index in [0.717, 1.165) is 43.3 Å². The van der Waals surface area contributed by atoms with Crippen molar-refractivity contribution in [3.05, 3.63) is 29.3 Å². The van der Waals surface area contributed by atoms with Crippen LogP contribution in [0.2, 0.25) is 5.02 Å². The van der Waals surface area contributed by atoms with E-state index in [2.05, 4.69) is 12.2 Å². The fraction of sp³-hybridized carbons (Fsp3) is 0.538. The van der Waals surface area contributed by atoms with Gasteiger partial charge in [0.05, 0.1) is 6.61 Å². The first-order chi connectivity index (χ1) is 7.83. The van der Waals surface area contributed by atoms with Crippen LogP contribution in [0.5, 0.6) is 5.75 Å². The highest BCUT2D eigenvalue weighted by atomic mass is 35.5. The normalized spacial score (nSPS) is 10.4. The van der Waals surface area contributed by atoms with Crippen LogP contribution in [0.3, 0.4) is 0 Å². The highest BCUT2D eigenvalue weighted by Gasteiger charge is 1.93. The van der Waals surface area contributed by atoms with Crippen LogP contribution in [0.1, 0.15) is 26.2 Å². The Hall–Kier alpha value is -0.730. The molecule has 1 rings (SSSR count). The van der Waals surface area contributed by atoms with Gasteiger partial charge in [-0.05, 0) is 56.6 Å². The fourth-order valence-corrected chi connectivity index (χ4v) is 1.50. The molecule has 3 heteroatoms. The third kappa shape index (κ3) is 5.99. The third-order valence-corrected chi connectivity index (χ3v) is 2.51. The molecular formula is C13H20ClNO. The Bertz CT molecular complexity index is 274. The van der Waals surface area contributed by atoms with Gasteiger partial charge in [-0.25, -0.2) is 0 Å². The maximum atomic E-state index is 5.78. The molecule has 0 aliphatic heterocycles. The van der Waals surface area contributed by atoms with Crippen LogP contribution in [-0.4, -0.2) is 19.7 Å². The van der Waals surface area contributed by atoms with Gasteiger partial charge in [0.2, 0.25) is 0 Å². The largest absolute Gasteiger partial charge is 0.494 e. The molecule has 0 bridgehead atoms. The number of hydrogen-bond acceptors (Lipinski definition) is 2. The molecular weight excluding hydrogens is 222 g/mol. The molecule has 2 nitrogen and oxygen atoms in total. The van der Waals surface area contributed by atoms with Crippen molar-refractivity contribution in [3.63, 3.8) is 0 Å². The predicted octanol–water partition coefficient (Wildman–Crippen LogP) is 3.50. The van der Waals surface area contributed by atoms with Crippen molar-refractivity contribution < 1.29 is 4.74 Å². The molecule has 16 heavy (non-hydrogen) atoms. The lowest BCUT2D eigenvalue weighted by Gasteiger charge is -2.06. The van der Waals surface area contributed by atoms with Crippen LogP contribution in [0.25, 0.3) is 0 Å². The summed E-state index contributed by atoms with van der Waals surface area (Å²) in [5.41, 5.74) is 0. The Labute approximate surface area is 103 Å². The minimum absolute atomic E-state index is 0.746. The number of rotatable bonds is 8. The van der Waals surface area contributed by atoms with Crippen molar-refractivity contribution >= 4 is 11.6 Å². The summed E-state index contributed by atoms with van der Waals surface area (Å²) in [6.45, 7) is 5.14. The highest BCUT2D eigenvalue weighted by Crippen LogP contribution is 2.15. The van der Waals surface area contributed by atoms with Gasteiger partial charge in [0.15, 0.2) is 0 Å². The summed E-state index contributed by atoms with van der Waals surface area (Å²) in [6.07, 6.45) is 3.44. The van der Waals surface area contributed by atoms with Crippen molar-refractivity contribution in [2.45, 2.75) is 26.2 Å². The van der Waals surface area contributed by atoms with E-state index in [1.165, 1.54) is 6.42 Å². The average Bonchev–Trinajstić information content (AvgIpc) is 2.30. The minimum Gasteiger partial charge on any atom is -0.494 e. The molecule has 0 fully saturated rings. The predicted molar refractivity (Wildman–Crippen MR) is 69.3 cm³/mol. The average molecular weight is 242 g/mol. The summed E-state index contributed by atoms with van der Waals surface area (Å²) in [5, 5.41) is 4.11. The Morgan fingerprint density at radius 3 is 2.56 bits per heavy atom. The molecule has 0 aliphatic carbocycles. The number of hydrogen-bond donors (Lipinski definition) is 1. The second-order valence-corrected chi connectivity index (χ2v) is 4.20. The third-order valence-electron chi connectivity index (χ3n) is 2.26. The lowest BCUT2D eigenvalue weighted by molar-refractivity contribution is 0.306. The zero-order valence-corrected chi connectivity index (χ0v) is 10.6. The molecule has 0 saturated heterocycles. The molecule has 0 radical (unpaired) electrons. The lowest BCUT2D eigenvalue weighted by atomic mass is 10.3. The van der Waals surface area contributed by atoms with Gasteiger partial charge in [-0.15, -0.1) is 0 Å². The number of ether oxygens (including phenoxy) is 1. The molecule has 1 aromatic rings. The van der Waals surface area contributed by atoms with Gasteiger partial charge in [0.25, 0.3) is 0 Å². The smallest absolute Gasteiger partial charge is 0.119 e. The number of unbranched alkanes of at least 4 members (excludes halogenated alkanes) is 1. The standard InChI is InChI=1S/C13H20ClNO/c1-2-9-15-10-3-4-11-16-13-7-5-12(14)6-8-13/h5-8,15H,2-4,9-11H2,1H3. The number of halogens is 1. The van der Waals surface area contributed by atoms with Crippen LogP contribution in [0, 0.1) is 0 Å². The summed E-state index contributed by atoms with van der Waals surface area (Å²) < 4.78 is 5.58. The van der Waals surface area contributed by atoms with E-state index in [1.807, 2.05) is 24.3 Å². The zero-order valence-electron chi connectivity index (χ0n) is 9.84. The van der Waals surface area contributed by atoms with E-state index in [4.69, 9.17) is 16.3 Å². The fourth-order valence-electron chi connectivity index (χ4n) is 1.37. The van der Waals surface area contributed by atoms with Crippen molar-refractivity contribution in [1.29, 1.82) is 0 Å². The first-order valence-corrected chi connectivity index (χ1v) is 6.30. The van der Waals surface area contributed by atoms with E-state index < -0.39 is 0 Å². The van der Waals surface area contributed by atoms with E-state index in [9.17, 15) is 0 Å². The summed E-state index contributed by atoms with van der Waals surface area (Å²) in [5.74, 6) is 0.894. The van der Waals surface area contributed by atoms with Crippen molar-refractivity contribution in [2.75, 3.05) is 19.7 Å². The van der Waals surface area contributed by atoms with Crippen molar-refractivity contribution in [3.8, 4) is 5.75 Å². The number of benzene rings is 1. The molecule has 90 valence electrons. The van der Waals surface area contributed by atoms with Gasteiger partial charge in [0, 0.05) is 5.02 Å². The molecule has 0 aromatic heterocycles. The van der Waals surface area contributed by atoms with E-state index >= 15 is 0 Å². The SMILES string of the molecule is CCCNCCCCOc1ccc(Cl)cc1. The topological polar surface area (TPSA) is 21.3 Å². The van der Waals surface area contributed by atoms with Crippen LogP contribution in [0.15, 0.2) is 24.3 Å². The zero-order chi connectivity index (χ0) is 11.6. The molecule has 0 unspecified atom stereocenters. The Morgan fingerprint density at radius 2 is 1.88 bits per heavy atom. The molecule has 0 atom stereocenters. The summed E-state index contributed by atoms with van der Waals surface area (Å²) in [4.78, 5) is 0. The van der Waals surface area contributed by atoms with E-state index in [0.29, 0.717) is 0 Å². The molecule has 0 saturated carbocycles. The van der Waals surface area contributed by atoms with Gasteiger partial charge in [-0.1, -0.05) is 18.5 Å². The van der Waals surface area contributed by atoms with Crippen LogP contribution in [-0.2, 0) is 0 Å². The van der Waals surface area contributed by atoms with E-state index in [-0.39, 0.29) is 0 Å². The molecule has 0 amide bonds. The second-order valence-electron chi connectivity index (χ2n) is 3.76. The molecule has 0 spiro atoms. The minimum atomic E-state index is 0.746. The van der Waals surface area contributed by atoms with Gasteiger partial charge in [-0.3, -0.25) is 0 Å². The van der Waals surface area contributed by atoms with Gasteiger partial charge < -0.3 is 10.1 Å². The maximum absolute atomic E-state index is 5.78. The maximum Gasteiger partial charge on any atom is 0.119 e. The first-order valence-electron chi connectivity index (χ1n) is 5.92. The van der Waals surface area contributed by atoms with Crippen molar-refractivity contribution in [1.82, 2.24) is 5.32 Å². The molecule has 0 aliphatic rings. The van der Waals surface area contributed by atoms with Crippen LogP contribution < -0.4 is 10.1 Å². The Balaban J connectivity index is 2.01. The number of nitrogens with one attached hydrogen (secondary N) is 1. The molecule has 1 N–H and O–H groups in total. The summed E-state index contributed by atoms with van der Waals surface area (Å²) in [6, 6.07) is 7.49. The monoisotopic (exact) mass is 241 g/mol. The van der Waals surface area contributed by atoms with Crippen LogP contribution >= 0.6 is 11.6 Å². The lowest BCUT2D eigenvalue weighted by Crippen LogP contribution is -2.16. The van der Waals surface area contributed by atoms with E-state index in [1.54, 1.807) is 0 Å². The van der Waals surface area contributed by atoms with Gasteiger partial charge in [-0.2, -0.15) is 0 Å². The second kappa shape index (κ2) is 8.43. The van der Waals surface area contributed by atoms with Gasteiger partial charge in [0.1, 0.15) is 5.75 Å². The Kier molecular flexibility index (Phi) is 7.02. The van der Waals surface area contributed by atoms with Gasteiger partial charge >= 0.3 is 0 Å². The summed E-state index contributed by atoms with van der Waals surface area (Å²) in [7, 11) is 0. The van der Waals surface area contributed by atoms with Crippen molar-refractivity contribution in [2.24, 2.45) is 0 Å². The van der Waals surface area contributed by atoms with Crippen LogP contribution in [0.4, 0.5) is 0 Å². The quantitative estimate of drug-likeness (QED) is 0.704. The Morgan fingerprint density at radius 1 is 1.12 bits per heavy atom. The molecule has 0 heterocycles. The first kappa shape index (κ1) is 13.3. The highest BCUT2D eigenvalue weighted by molar-refractivity contribution is 6.30.